The number of ether oxygens (including phenoxy) is 2. The van der Waals surface area contributed by atoms with Gasteiger partial charge >= 0.3 is 6.18 Å². The summed E-state index contributed by atoms with van der Waals surface area (Å²) in [5.74, 6) is -0.497. The van der Waals surface area contributed by atoms with E-state index in [2.05, 4.69) is 0 Å². The Balaban J connectivity index is 1.70. The molecule has 2 fully saturated rings. The lowest BCUT2D eigenvalue weighted by molar-refractivity contribution is -0.154. The van der Waals surface area contributed by atoms with E-state index in [0.717, 1.165) is 12.1 Å². The van der Waals surface area contributed by atoms with Gasteiger partial charge in [-0.1, -0.05) is 12.1 Å². The Kier molecular flexibility index (Phi) is 5.71. The maximum absolute atomic E-state index is 12.9. The minimum absolute atomic E-state index is 0.0429. The fraction of sp³-hybridized carbons (Fsp3) is 0.556. The first-order valence-corrected chi connectivity index (χ1v) is 8.69. The van der Waals surface area contributed by atoms with Gasteiger partial charge in [-0.25, -0.2) is 0 Å². The average Bonchev–Trinajstić information content (AvgIpc) is 2.63. The number of hydrogen-bond acceptors (Lipinski definition) is 4. The molecule has 0 N–H and O–H groups in total. The molecule has 2 unspecified atom stereocenters. The lowest BCUT2D eigenvalue weighted by Crippen LogP contribution is -2.53. The highest BCUT2D eigenvalue weighted by atomic mass is 19.4. The highest BCUT2D eigenvalue weighted by molar-refractivity contribution is 5.86. The van der Waals surface area contributed by atoms with Gasteiger partial charge in [0.1, 0.15) is 12.7 Å². The van der Waals surface area contributed by atoms with Crippen LogP contribution in [-0.4, -0.2) is 67.1 Å². The zero-order chi connectivity index (χ0) is 19.6. The second-order valence-electron chi connectivity index (χ2n) is 6.71. The summed E-state index contributed by atoms with van der Waals surface area (Å²) in [4.78, 5) is 27.5. The van der Waals surface area contributed by atoms with E-state index in [9.17, 15) is 22.8 Å². The van der Waals surface area contributed by atoms with Crippen LogP contribution in [0.4, 0.5) is 13.2 Å². The van der Waals surface area contributed by atoms with E-state index >= 15 is 0 Å². The lowest BCUT2D eigenvalue weighted by Gasteiger charge is -2.39. The molecule has 27 heavy (non-hydrogen) atoms. The Bertz CT molecular complexity index is 710. The van der Waals surface area contributed by atoms with Crippen molar-refractivity contribution in [2.45, 2.75) is 25.2 Å². The molecule has 148 valence electrons. The standard InChI is InChI=1S/C18H21F3N2O4/c1-12-10-27-15(13-3-2-4-14(7-13)18(19,20)21)8-23(12)16(24)9-22-5-6-26-11-17(22)25/h2-4,7,12,15H,5-6,8-11H2,1H3. The van der Waals surface area contributed by atoms with Crippen LogP contribution in [-0.2, 0) is 25.2 Å². The van der Waals surface area contributed by atoms with Crippen LogP contribution in [0.3, 0.4) is 0 Å². The van der Waals surface area contributed by atoms with Crippen molar-refractivity contribution in [3.63, 3.8) is 0 Å². The molecule has 9 heteroatoms. The Labute approximate surface area is 154 Å². The van der Waals surface area contributed by atoms with Gasteiger partial charge in [0.05, 0.1) is 37.9 Å². The van der Waals surface area contributed by atoms with Crippen molar-refractivity contribution in [3.05, 3.63) is 35.4 Å². The Morgan fingerprint density at radius 3 is 2.81 bits per heavy atom. The fourth-order valence-electron chi connectivity index (χ4n) is 3.19. The van der Waals surface area contributed by atoms with E-state index in [1.165, 1.54) is 11.0 Å². The Hall–Kier alpha value is -2.13. The predicted molar refractivity (Wildman–Crippen MR) is 88.7 cm³/mol. The number of halogens is 3. The molecular formula is C18H21F3N2O4. The van der Waals surface area contributed by atoms with E-state index in [1.54, 1.807) is 17.9 Å². The van der Waals surface area contributed by atoms with Gasteiger partial charge in [-0.05, 0) is 24.6 Å². The summed E-state index contributed by atoms with van der Waals surface area (Å²) in [5, 5.41) is 0. The first-order valence-electron chi connectivity index (χ1n) is 8.69. The number of benzene rings is 1. The molecule has 3 rings (SSSR count). The average molecular weight is 386 g/mol. The van der Waals surface area contributed by atoms with Crippen LogP contribution in [0.5, 0.6) is 0 Å². The minimum atomic E-state index is -4.44. The van der Waals surface area contributed by atoms with E-state index in [0.29, 0.717) is 18.7 Å². The molecule has 0 aliphatic carbocycles. The van der Waals surface area contributed by atoms with Crippen molar-refractivity contribution in [1.29, 1.82) is 0 Å². The van der Waals surface area contributed by atoms with Crippen LogP contribution in [0, 0.1) is 0 Å². The van der Waals surface area contributed by atoms with Crippen molar-refractivity contribution in [1.82, 2.24) is 9.80 Å². The molecule has 1 aromatic rings. The highest BCUT2D eigenvalue weighted by Crippen LogP contribution is 2.32. The summed E-state index contributed by atoms with van der Waals surface area (Å²) < 4.78 is 49.6. The number of amides is 2. The largest absolute Gasteiger partial charge is 0.416 e. The molecule has 6 nitrogen and oxygen atoms in total. The third-order valence-electron chi connectivity index (χ3n) is 4.75. The van der Waals surface area contributed by atoms with Gasteiger partial charge in [-0.15, -0.1) is 0 Å². The maximum Gasteiger partial charge on any atom is 0.416 e. The number of morpholine rings is 2. The number of alkyl halides is 3. The second-order valence-corrected chi connectivity index (χ2v) is 6.71. The van der Waals surface area contributed by atoms with Gasteiger partial charge in [0.2, 0.25) is 11.8 Å². The number of hydrogen-bond donors (Lipinski definition) is 0. The van der Waals surface area contributed by atoms with E-state index in [4.69, 9.17) is 9.47 Å². The van der Waals surface area contributed by atoms with Crippen LogP contribution in [0.25, 0.3) is 0 Å². The van der Waals surface area contributed by atoms with E-state index in [-0.39, 0.29) is 44.2 Å². The topological polar surface area (TPSA) is 59.1 Å². The lowest BCUT2D eigenvalue weighted by atomic mass is 10.0. The molecule has 2 amide bonds. The van der Waals surface area contributed by atoms with Crippen LogP contribution < -0.4 is 0 Å². The molecule has 2 atom stereocenters. The van der Waals surface area contributed by atoms with Gasteiger partial charge < -0.3 is 19.3 Å². The van der Waals surface area contributed by atoms with Crippen LogP contribution in [0.2, 0.25) is 0 Å². The zero-order valence-electron chi connectivity index (χ0n) is 14.9. The quantitative estimate of drug-likeness (QED) is 0.796. The summed E-state index contributed by atoms with van der Waals surface area (Å²) in [7, 11) is 0. The monoisotopic (exact) mass is 386 g/mol. The van der Waals surface area contributed by atoms with Gasteiger partial charge in [0, 0.05) is 6.54 Å². The molecule has 0 spiro atoms. The SMILES string of the molecule is CC1COC(c2cccc(C(F)(F)F)c2)CN1C(=O)CN1CCOCC1=O. The zero-order valence-corrected chi connectivity index (χ0v) is 14.9. The molecule has 2 aliphatic heterocycles. The molecule has 0 aromatic heterocycles. The van der Waals surface area contributed by atoms with E-state index in [1.807, 2.05) is 0 Å². The number of rotatable bonds is 3. The van der Waals surface area contributed by atoms with E-state index < -0.39 is 17.8 Å². The first kappa shape index (κ1) is 19.6. The van der Waals surface area contributed by atoms with Crippen molar-refractivity contribution in [3.8, 4) is 0 Å². The number of carbonyl (C=O) groups is 2. The molecule has 0 saturated carbocycles. The molecule has 2 saturated heterocycles. The molecule has 0 bridgehead atoms. The molecule has 2 aliphatic rings. The minimum Gasteiger partial charge on any atom is -0.370 e. The summed E-state index contributed by atoms with van der Waals surface area (Å²) in [6.45, 7) is 2.77. The number of nitrogens with zero attached hydrogens (tertiary/aromatic N) is 2. The Morgan fingerprint density at radius 2 is 2.11 bits per heavy atom. The summed E-state index contributed by atoms with van der Waals surface area (Å²) in [5.41, 5.74) is -0.379. The van der Waals surface area contributed by atoms with Gasteiger partial charge in [-0.2, -0.15) is 13.2 Å². The van der Waals surface area contributed by atoms with Gasteiger partial charge in [-0.3, -0.25) is 9.59 Å². The molecular weight excluding hydrogens is 365 g/mol. The summed E-state index contributed by atoms with van der Waals surface area (Å²) in [6.07, 6.45) is -5.09. The smallest absolute Gasteiger partial charge is 0.370 e. The van der Waals surface area contributed by atoms with Crippen LogP contribution in [0.15, 0.2) is 24.3 Å². The van der Waals surface area contributed by atoms with Crippen molar-refractivity contribution in [2.24, 2.45) is 0 Å². The van der Waals surface area contributed by atoms with Gasteiger partial charge in [0.15, 0.2) is 0 Å². The van der Waals surface area contributed by atoms with Crippen LogP contribution >= 0.6 is 0 Å². The molecule has 0 radical (unpaired) electrons. The maximum atomic E-state index is 12.9. The third-order valence-corrected chi connectivity index (χ3v) is 4.75. The first-order chi connectivity index (χ1) is 12.8. The highest BCUT2D eigenvalue weighted by Gasteiger charge is 2.34. The van der Waals surface area contributed by atoms with Crippen molar-refractivity contribution in [2.75, 3.05) is 39.5 Å². The van der Waals surface area contributed by atoms with Crippen molar-refractivity contribution < 1.29 is 32.2 Å². The normalized spacial score (nSPS) is 24.2. The molecule has 2 heterocycles. The second kappa shape index (κ2) is 7.85. The summed E-state index contributed by atoms with van der Waals surface area (Å²) in [6, 6.07) is 4.72. The third kappa shape index (κ3) is 4.59. The van der Waals surface area contributed by atoms with Gasteiger partial charge in [0.25, 0.3) is 0 Å². The predicted octanol–water partition coefficient (Wildman–Crippen LogP) is 1.85. The van der Waals surface area contributed by atoms with Crippen molar-refractivity contribution >= 4 is 11.8 Å². The van der Waals surface area contributed by atoms with Crippen LogP contribution in [0.1, 0.15) is 24.2 Å². The number of carbonyl (C=O) groups excluding carboxylic acids is 2. The molecule has 1 aromatic carbocycles. The summed E-state index contributed by atoms with van der Waals surface area (Å²) >= 11 is 0. The fourth-order valence-corrected chi connectivity index (χ4v) is 3.19. The Morgan fingerprint density at radius 1 is 1.33 bits per heavy atom.